The zero-order valence-corrected chi connectivity index (χ0v) is 7.62. The second-order valence-electron chi connectivity index (χ2n) is 3.06. The third-order valence-corrected chi connectivity index (χ3v) is 1.87. The van der Waals surface area contributed by atoms with Crippen LogP contribution in [0.15, 0.2) is 0 Å². The third-order valence-electron chi connectivity index (χ3n) is 1.87. The van der Waals surface area contributed by atoms with Gasteiger partial charge < -0.3 is 10.2 Å². The predicted octanol–water partition coefficient (Wildman–Crippen LogP) is 1.79. The average molecular weight is 174 g/mol. The highest BCUT2D eigenvalue weighted by Crippen LogP contribution is 2.06. The molecule has 0 bridgehead atoms. The van der Waals surface area contributed by atoms with Gasteiger partial charge in [-0.15, -0.1) is 0 Å². The van der Waals surface area contributed by atoms with E-state index in [2.05, 4.69) is 6.92 Å². The number of hydrogen-bond acceptors (Lipinski definition) is 2. The maximum atomic E-state index is 10.2. The topological polar surface area (TPSA) is 57.5 Å². The minimum absolute atomic E-state index is 0.388. The fourth-order valence-electron chi connectivity index (χ4n) is 1.06. The van der Waals surface area contributed by atoms with Crippen molar-refractivity contribution in [3.63, 3.8) is 0 Å². The minimum atomic E-state index is -1.16. The summed E-state index contributed by atoms with van der Waals surface area (Å²) in [6.07, 6.45) is 4.59. The molecule has 0 fully saturated rings. The highest BCUT2D eigenvalue weighted by molar-refractivity contribution is 5.71. The van der Waals surface area contributed by atoms with E-state index in [0.29, 0.717) is 6.42 Å². The van der Waals surface area contributed by atoms with E-state index in [1.54, 1.807) is 0 Å². The Hall–Kier alpha value is -0.570. The molecule has 0 aliphatic carbocycles. The highest BCUT2D eigenvalue weighted by atomic mass is 16.4. The third kappa shape index (κ3) is 6.16. The zero-order chi connectivity index (χ0) is 9.40. The second-order valence-corrected chi connectivity index (χ2v) is 3.06. The van der Waals surface area contributed by atoms with Crippen molar-refractivity contribution in [3.05, 3.63) is 0 Å². The summed E-state index contributed by atoms with van der Waals surface area (Å²) in [4.78, 5) is 10.2. The predicted molar refractivity (Wildman–Crippen MR) is 47.0 cm³/mol. The van der Waals surface area contributed by atoms with Crippen LogP contribution in [0.5, 0.6) is 0 Å². The van der Waals surface area contributed by atoms with E-state index < -0.39 is 12.1 Å². The van der Waals surface area contributed by atoms with Crippen LogP contribution in [-0.4, -0.2) is 22.3 Å². The van der Waals surface area contributed by atoms with E-state index in [1.165, 1.54) is 12.8 Å². The summed E-state index contributed by atoms with van der Waals surface area (Å²) in [6, 6.07) is 0. The van der Waals surface area contributed by atoms with Gasteiger partial charge in [-0.2, -0.15) is 0 Å². The van der Waals surface area contributed by atoms with Gasteiger partial charge in [0.2, 0.25) is 0 Å². The van der Waals surface area contributed by atoms with Crippen LogP contribution in [0, 0.1) is 0 Å². The van der Waals surface area contributed by atoms with E-state index in [0.717, 1.165) is 19.3 Å². The normalized spacial score (nSPS) is 12.8. The Labute approximate surface area is 73.4 Å². The molecule has 0 aromatic carbocycles. The Morgan fingerprint density at radius 3 is 2.33 bits per heavy atom. The Bertz CT molecular complexity index is 123. The molecule has 1 unspecified atom stereocenters. The molecule has 1 atom stereocenters. The molecule has 3 nitrogen and oxygen atoms in total. The van der Waals surface area contributed by atoms with Gasteiger partial charge in [0.05, 0.1) is 0 Å². The van der Waals surface area contributed by atoms with E-state index in [1.807, 2.05) is 0 Å². The van der Waals surface area contributed by atoms with Crippen molar-refractivity contribution in [1.29, 1.82) is 0 Å². The molecule has 0 rings (SSSR count). The number of unbranched alkanes of at least 4 members (excludes halogenated alkanes) is 4. The van der Waals surface area contributed by atoms with E-state index >= 15 is 0 Å². The first-order valence-electron chi connectivity index (χ1n) is 4.59. The van der Waals surface area contributed by atoms with Gasteiger partial charge in [0.15, 0.2) is 6.10 Å². The quantitative estimate of drug-likeness (QED) is 0.578. The van der Waals surface area contributed by atoms with Crippen LogP contribution in [0.25, 0.3) is 0 Å². The van der Waals surface area contributed by atoms with Crippen LogP contribution in [0.2, 0.25) is 0 Å². The van der Waals surface area contributed by atoms with Crippen LogP contribution in [-0.2, 0) is 4.79 Å². The minimum Gasteiger partial charge on any atom is -0.479 e. The Morgan fingerprint density at radius 2 is 1.83 bits per heavy atom. The molecule has 0 aromatic rings. The zero-order valence-electron chi connectivity index (χ0n) is 7.62. The summed E-state index contributed by atoms with van der Waals surface area (Å²) < 4.78 is 0. The summed E-state index contributed by atoms with van der Waals surface area (Å²) >= 11 is 0. The van der Waals surface area contributed by atoms with Crippen molar-refractivity contribution >= 4 is 5.97 Å². The SMILES string of the molecule is CCCCCCCC(O)C(=O)O. The number of carbonyl (C=O) groups is 1. The van der Waals surface area contributed by atoms with Gasteiger partial charge >= 0.3 is 5.97 Å². The molecule has 2 N–H and O–H groups in total. The Morgan fingerprint density at radius 1 is 1.25 bits per heavy atom. The second kappa shape index (κ2) is 7.10. The number of carboxylic acids is 1. The van der Waals surface area contributed by atoms with Crippen LogP contribution in [0.4, 0.5) is 0 Å². The lowest BCUT2D eigenvalue weighted by Gasteiger charge is -2.03. The van der Waals surface area contributed by atoms with Gasteiger partial charge in [-0.3, -0.25) is 0 Å². The van der Waals surface area contributed by atoms with Crippen LogP contribution >= 0.6 is 0 Å². The van der Waals surface area contributed by atoms with Crippen molar-refractivity contribution in [2.45, 2.75) is 51.6 Å². The van der Waals surface area contributed by atoms with Gasteiger partial charge in [0.25, 0.3) is 0 Å². The molecule has 12 heavy (non-hydrogen) atoms. The number of carboxylic acid groups (broad SMARTS) is 1. The molecule has 0 aliphatic rings. The fourth-order valence-corrected chi connectivity index (χ4v) is 1.06. The van der Waals surface area contributed by atoms with Crippen molar-refractivity contribution in [2.75, 3.05) is 0 Å². The summed E-state index contributed by atoms with van der Waals surface area (Å²) in [6.45, 7) is 2.13. The molecule has 0 saturated heterocycles. The van der Waals surface area contributed by atoms with Gasteiger partial charge in [-0.05, 0) is 6.42 Å². The summed E-state index contributed by atoms with van der Waals surface area (Å²) in [5, 5.41) is 17.2. The number of aliphatic hydroxyl groups is 1. The average Bonchev–Trinajstić information content (AvgIpc) is 2.03. The molecule has 0 aromatic heterocycles. The summed E-state index contributed by atoms with van der Waals surface area (Å²) in [5.74, 6) is -1.11. The first kappa shape index (κ1) is 11.4. The summed E-state index contributed by atoms with van der Waals surface area (Å²) in [5.41, 5.74) is 0. The Kier molecular flexibility index (Phi) is 6.76. The molecule has 72 valence electrons. The maximum absolute atomic E-state index is 10.2. The van der Waals surface area contributed by atoms with Crippen molar-refractivity contribution < 1.29 is 15.0 Å². The molecule has 0 heterocycles. The van der Waals surface area contributed by atoms with Crippen molar-refractivity contribution in [3.8, 4) is 0 Å². The number of aliphatic hydroxyl groups excluding tert-OH is 1. The van der Waals surface area contributed by atoms with Gasteiger partial charge in [-0.25, -0.2) is 4.79 Å². The van der Waals surface area contributed by atoms with Gasteiger partial charge in [0, 0.05) is 0 Å². The molecule has 0 aliphatic heterocycles. The van der Waals surface area contributed by atoms with Crippen LogP contribution in [0.1, 0.15) is 45.4 Å². The van der Waals surface area contributed by atoms with Crippen molar-refractivity contribution in [2.24, 2.45) is 0 Å². The number of rotatable bonds is 7. The smallest absolute Gasteiger partial charge is 0.332 e. The largest absolute Gasteiger partial charge is 0.479 e. The molecule has 0 saturated carbocycles. The molecule has 3 heteroatoms. The standard InChI is InChI=1S/C9H18O3/c1-2-3-4-5-6-7-8(10)9(11)12/h8,10H,2-7H2,1H3,(H,11,12). The number of aliphatic carboxylic acids is 1. The number of hydrogen-bond donors (Lipinski definition) is 2. The molecule has 0 radical (unpaired) electrons. The molecule has 0 amide bonds. The van der Waals surface area contributed by atoms with E-state index in [4.69, 9.17) is 10.2 Å². The monoisotopic (exact) mass is 174 g/mol. The van der Waals surface area contributed by atoms with Crippen LogP contribution < -0.4 is 0 Å². The lowest BCUT2D eigenvalue weighted by Crippen LogP contribution is -2.18. The highest BCUT2D eigenvalue weighted by Gasteiger charge is 2.11. The first-order chi connectivity index (χ1) is 5.68. The lowest BCUT2D eigenvalue weighted by molar-refractivity contribution is -0.146. The molecular formula is C9H18O3. The fraction of sp³-hybridized carbons (Fsp3) is 0.889. The summed E-state index contributed by atoms with van der Waals surface area (Å²) in [7, 11) is 0. The Balaban J connectivity index is 3.14. The molecular weight excluding hydrogens is 156 g/mol. The van der Waals surface area contributed by atoms with Gasteiger partial charge in [-0.1, -0.05) is 39.0 Å². The first-order valence-corrected chi connectivity index (χ1v) is 4.59. The van der Waals surface area contributed by atoms with Crippen LogP contribution in [0.3, 0.4) is 0 Å². The molecule has 0 spiro atoms. The van der Waals surface area contributed by atoms with E-state index in [-0.39, 0.29) is 0 Å². The lowest BCUT2D eigenvalue weighted by atomic mass is 10.1. The van der Waals surface area contributed by atoms with E-state index in [9.17, 15) is 4.79 Å². The van der Waals surface area contributed by atoms with Gasteiger partial charge in [0.1, 0.15) is 0 Å². The van der Waals surface area contributed by atoms with Crippen molar-refractivity contribution in [1.82, 2.24) is 0 Å². The maximum Gasteiger partial charge on any atom is 0.332 e.